The molecule has 0 spiro atoms. The average molecular weight is 538 g/mol. The number of para-hydroxylation sites is 1. The van der Waals surface area contributed by atoms with Crippen LogP contribution in [-0.4, -0.2) is 63.1 Å². The summed E-state index contributed by atoms with van der Waals surface area (Å²) in [6.45, 7) is -0.00141. The summed E-state index contributed by atoms with van der Waals surface area (Å²) in [6.07, 6.45) is -3.88. The van der Waals surface area contributed by atoms with E-state index < -0.39 is 40.0 Å². The number of benzene rings is 2. The van der Waals surface area contributed by atoms with Crippen molar-refractivity contribution in [2.75, 3.05) is 36.6 Å². The monoisotopic (exact) mass is 537 g/mol. The Morgan fingerprint density at radius 3 is 2.46 bits per heavy atom. The van der Waals surface area contributed by atoms with E-state index in [1.807, 2.05) is 0 Å². The van der Waals surface area contributed by atoms with Crippen LogP contribution in [0.5, 0.6) is 0 Å². The number of carbonyl (C=O) groups is 2. The van der Waals surface area contributed by atoms with E-state index in [0.29, 0.717) is 5.69 Å². The average Bonchev–Trinajstić information content (AvgIpc) is 3.39. The van der Waals surface area contributed by atoms with Gasteiger partial charge in [-0.15, -0.1) is 14.6 Å². The topological polar surface area (TPSA) is 118 Å². The Bertz CT molecular complexity index is 1390. The molecule has 1 fully saturated rings. The molecule has 37 heavy (non-hydrogen) atoms. The first kappa shape index (κ1) is 26.1. The van der Waals surface area contributed by atoms with Crippen molar-refractivity contribution in [2.45, 2.75) is 13.0 Å². The van der Waals surface area contributed by atoms with Crippen molar-refractivity contribution in [1.29, 1.82) is 0 Å². The summed E-state index contributed by atoms with van der Waals surface area (Å²) < 4.78 is 66.2. The van der Waals surface area contributed by atoms with E-state index in [9.17, 15) is 22.6 Å². The van der Waals surface area contributed by atoms with Crippen molar-refractivity contribution in [3.8, 4) is 11.5 Å². The number of hydrogen-bond acceptors (Lipinski definition) is 7. The van der Waals surface area contributed by atoms with Crippen LogP contribution in [0.25, 0.3) is 11.5 Å². The normalized spacial score (nSPS) is 14.9. The third-order valence-electron chi connectivity index (χ3n) is 5.60. The molecule has 0 bridgehead atoms. The molecule has 0 atom stereocenters. The van der Waals surface area contributed by atoms with Gasteiger partial charge in [-0.2, -0.15) is 8.78 Å². The molecule has 0 saturated carbocycles. The molecular formula is C23H22F3N5O5S. The molecule has 14 heteroatoms. The number of ether oxygens (including phenoxy) is 1. The molecule has 1 aliphatic heterocycles. The van der Waals surface area contributed by atoms with Crippen molar-refractivity contribution in [3.63, 3.8) is 0 Å². The Morgan fingerprint density at radius 1 is 1.16 bits per heavy atom. The van der Waals surface area contributed by atoms with Crippen molar-refractivity contribution in [2.24, 2.45) is 4.36 Å². The number of carbonyl (C=O) groups excluding carboxylic acids is 2. The third-order valence-corrected chi connectivity index (χ3v) is 7.72. The minimum atomic E-state index is -2.95. The molecule has 2 aromatic carbocycles. The summed E-state index contributed by atoms with van der Waals surface area (Å²) in [7, 11) is -1.71. The molecule has 1 aliphatic rings. The van der Waals surface area contributed by atoms with Gasteiger partial charge in [0.2, 0.25) is 5.89 Å². The second-order valence-corrected chi connectivity index (χ2v) is 10.5. The summed E-state index contributed by atoms with van der Waals surface area (Å²) >= 11 is 0. The fraction of sp³-hybridized carbons (Fsp3) is 0.304. The minimum Gasteiger partial charge on any atom is -0.451 e. The summed E-state index contributed by atoms with van der Waals surface area (Å²) in [6, 6.07) is 12.0. The van der Waals surface area contributed by atoms with Gasteiger partial charge in [0, 0.05) is 29.9 Å². The lowest BCUT2D eigenvalue weighted by atomic mass is 10.1. The number of anilines is 1. The van der Waals surface area contributed by atoms with Crippen molar-refractivity contribution < 1.29 is 36.1 Å². The zero-order valence-electron chi connectivity index (χ0n) is 19.6. The molecule has 3 aromatic rings. The van der Waals surface area contributed by atoms with Gasteiger partial charge < -0.3 is 14.1 Å². The van der Waals surface area contributed by atoms with E-state index in [1.54, 1.807) is 30.3 Å². The lowest BCUT2D eigenvalue weighted by Crippen LogP contribution is -2.50. The van der Waals surface area contributed by atoms with E-state index in [0.717, 1.165) is 13.2 Å². The van der Waals surface area contributed by atoms with Crippen LogP contribution in [0.15, 0.2) is 57.3 Å². The SMILES string of the molecule is COC(=O)N=S1(=O)CCN(C(=O)N(Cc2ccc(-c3nnc(C(F)F)o3)cc2F)c2ccccc2)CC1. The highest BCUT2D eigenvalue weighted by Gasteiger charge is 2.29. The van der Waals surface area contributed by atoms with Crippen LogP contribution < -0.4 is 4.90 Å². The third kappa shape index (κ3) is 6.07. The quantitative estimate of drug-likeness (QED) is 0.471. The number of urea groups is 1. The fourth-order valence-electron chi connectivity index (χ4n) is 3.64. The molecule has 1 saturated heterocycles. The highest BCUT2D eigenvalue weighted by Crippen LogP contribution is 2.27. The van der Waals surface area contributed by atoms with Gasteiger partial charge in [0.1, 0.15) is 5.82 Å². The largest absolute Gasteiger partial charge is 0.451 e. The Kier molecular flexibility index (Phi) is 7.76. The lowest BCUT2D eigenvalue weighted by Gasteiger charge is -2.34. The van der Waals surface area contributed by atoms with Crippen LogP contribution in [0.2, 0.25) is 0 Å². The van der Waals surface area contributed by atoms with Crippen LogP contribution in [0, 0.1) is 5.82 Å². The van der Waals surface area contributed by atoms with Crippen LogP contribution >= 0.6 is 0 Å². The Labute approximate surface area is 210 Å². The molecule has 0 unspecified atom stereocenters. The van der Waals surface area contributed by atoms with Gasteiger partial charge in [-0.3, -0.25) is 4.90 Å². The second-order valence-electron chi connectivity index (χ2n) is 7.99. The first-order chi connectivity index (χ1) is 17.7. The summed E-state index contributed by atoms with van der Waals surface area (Å²) in [5.74, 6) is -1.85. The minimum absolute atomic E-state index is 0.00961. The number of aromatic nitrogens is 2. The first-order valence-electron chi connectivity index (χ1n) is 11.0. The van der Waals surface area contributed by atoms with Crippen molar-refractivity contribution >= 4 is 27.5 Å². The molecule has 10 nitrogen and oxygen atoms in total. The number of alkyl halides is 2. The maximum atomic E-state index is 15.1. The molecule has 0 aliphatic carbocycles. The Hall–Kier alpha value is -3.94. The number of hydrogen-bond donors (Lipinski definition) is 0. The standard InChI is InChI=1S/C23H22F3N5O5S/c1-35-22(32)29-37(34)11-9-30(10-12-37)23(33)31(17-5-3-2-4-6-17)14-16-8-7-15(13-18(16)24)20-27-28-21(36-20)19(25)26/h2-8,13,19H,9-12,14H2,1H3. The van der Waals surface area contributed by atoms with Gasteiger partial charge in [0.05, 0.1) is 34.9 Å². The lowest BCUT2D eigenvalue weighted by molar-refractivity contribution is 0.116. The molecule has 3 amide bonds. The van der Waals surface area contributed by atoms with Gasteiger partial charge in [0.15, 0.2) is 0 Å². The molecule has 0 radical (unpaired) electrons. The molecule has 1 aromatic heterocycles. The number of nitrogens with zero attached hydrogens (tertiary/aromatic N) is 5. The number of halogens is 3. The van der Waals surface area contributed by atoms with Crippen LogP contribution in [-0.2, 0) is 21.0 Å². The van der Waals surface area contributed by atoms with Gasteiger partial charge in [-0.25, -0.2) is 18.2 Å². The van der Waals surface area contributed by atoms with Crippen LogP contribution in [0.4, 0.5) is 28.4 Å². The predicted molar refractivity (Wildman–Crippen MR) is 127 cm³/mol. The van der Waals surface area contributed by atoms with Gasteiger partial charge in [0.25, 0.3) is 5.89 Å². The van der Waals surface area contributed by atoms with Crippen molar-refractivity contribution in [3.05, 3.63) is 65.8 Å². The van der Waals surface area contributed by atoms with Crippen molar-refractivity contribution in [1.82, 2.24) is 15.1 Å². The Morgan fingerprint density at radius 2 is 1.86 bits per heavy atom. The highest BCUT2D eigenvalue weighted by molar-refractivity contribution is 7.94. The number of rotatable bonds is 5. The maximum Gasteiger partial charge on any atom is 0.441 e. The number of methoxy groups -OCH3 is 1. The molecular weight excluding hydrogens is 515 g/mol. The maximum absolute atomic E-state index is 15.1. The van der Waals surface area contributed by atoms with E-state index in [4.69, 9.17) is 4.42 Å². The van der Waals surface area contributed by atoms with E-state index in [2.05, 4.69) is 19.3 Å². The van der Waals surface area contributed by atoms with Gasteiger partial charge in [-0.1, -0.05) is 24.3 Å². The van der Waals surface area contributed by atoms with Crippen LogP contribution in [0.3, 0.4) is 0 Å². The molecule has 2 heterocycles. The Balaban J connectivity index is 1.56. The molecule has 4 rings (SSSR count). The zero-order valence-corrected chi connectivity index (χ0v) is 20.4. The van der Waals surface area contributed by atoms with E-state index >= 15 is 4.39 Å². The summed E-state index contributed by atoms with van der Waals surface area (Å²) in [5, 5.41) is 6.75. The second kappa shape index (κ2) is 11.0. The van der Waals surface area contributed by atoms with E-state index in [-0.39, 0.29) is 48.2 Å². The summed E-state index contributed by atoms with van der Waals surface area (Å²) in [5.41, 5.74) is 0.759. The van der Waals surface area contributed by atoms with E-state index in [1.165, 1.54) is 21.9 Å². The first-order valence-corrected chi connectivity index (χ1v) is 12.9. The smallest absolute Gasteiger partial charge is 0.441 e. The summed E-state index contributed by atoms with van der Waals surface area (Å²) in [4.78, 5) is 27.7. The fourth-order valence-corrected chi connectivity index (χ4v) is 5.39. The molecule has 196 valence electrons. The number of amides is 3. The predicted octanol–water partition coefficient (Wildman–Crippen LogP) is 4.49. The van der Waals surface area contributed by atoms with Gasteiger partial charge >= 0.3 is 18.5 Å². The van der Waals surface area contributed by atoms with Gasteiger partial charge in [-0.05, 0) is 24.3 Å². The molecule has 0 N–H and O–H groups in total. The zero-order chi connectivity index (χ0) is 26.6. The van der Waals surface area contributed by atoms with Crippen LogP contribution in [0.1, 0.15) is 17.9 Å². The highest BCUT2D eigenvalue weighted by atomic mass is 32.2.